The molecule has 0 aliphatic carbocycles. The van der Waals surface area contributed by atoms with Crippen LogP contribution in [0.1, 0.15) is 17.8 Å². The molecule has 25 heavy (non-hydrogen) atoms. The first-order valence-electron chi connectivity index (χ1n) is 8.06. The molecule has 0 saturated carbocycles. The SMILES string of the molecule is C=CCn1c(COc2ccc(C)cc2)nnc1SC1CCS(=O)(=O)C1. The van der Waals surface area contributed by atoms with Crippen molar-refractivity contribution >= 4 is 21.6 Å². The van der Waals surface area contributed by atoms with Crippen molar-refractivity contribution in [1.82, 2.24) is 14.8 Å². The Bertz CT molecular complexity index is 845. The number of hydrogen-bond acceptors (Lipinski definition) is 6. The average Bonchev–Trinajstić information content (AvgIpc) is 3.11. The summed E-state index contributed by atoms with van der Waals surface area (Å²) < 4.78 is 31.0. The minimum atomic E-state index is -2.91. The van der Waals surface area contributed by atoms with Gasteiger partial charge in [0.05, 0.1) is 11.5 Å². The number of nitrogens with zero attached hydrogens (tertiary/aromatic N) is 3. The number of rotatable bonds is 7. The Hall–Kier alpha value is -1.80. The smallest absolute Gasteiger partial charge is 0.191 e. The van der Waals surface area contributed by atoms with Crippen molar-refractivity contribution in [2.75, 3.05) is 11.5 Å². The van der Waals surface area contributed by atoms with Gasteiger partial charge in [0.1, 0.15) is 12.4 Å². The van der Waals surface area contributed by atoms with E-state index in [-0.39, 0.29) is 16.8 Å². The van der Waals surface area contributed by atoms with Crippen LogP contribution in [-0.4, -0.2) is 39.9 Å². The lowest BCUT2D eigenvalue weighted by Gasteiger charge is -2.11. The fraction of sp³-hybridized carbons (Fsp3) is 0.412. The van der Waals surface area contributed by atoms with Crippen molar-refractivity contribution in [1.29, 1.82) is 0 Å². The van der Waals surface area contributed by atoms with Crippen LogP contribution in [0.15, 0.2) is 42.1 Å². The van der Waals surface area contributed by atoms with Crippen LogP contribution in [-0.2, 0) is 23.0 Å². The third-order valence-corrected chi connectivity index (χ3v) is 7.18. The van der Waals surface area contributed by atoms with E-state index in [0.717, 1.165) is 5.75 Å². The fourth-order valence-corrected chi connectivity index (χ4v) is 6.13. The summed E-state index contributed by atoms with van der Waals surface area (Å²) in [5, 5.41) is 9.19. The number of sulfone groups is 1. The van der Waals surface area contributed by atoms with Crippen LogP contribution >= 0.6 is 11.8 Å². The molecule has 1 aromatic heterocycles. The third-order valence-electron chi connectivity index (χ3n) is 3.96. The summed E-state index contributed by atoms with van der Waals surface area (Å²) in [6, 6.07) is 7.82. The number of aryl methyl sites for hydroxylation is 1. The monoisotopic (exact) mass is 379 g/mol. The van der Waals surface area contributed by atoms with Gasteiger partial charge in [-0.3, -0.25) is 4.57 Å². The maximum Gasteiger partial charge on any atom is 0.191 e. The molecule has 0 N–H and O–H groups in total. The quantitative estimate of drug-likeness (QED) is 0.689. The second-order valence-electron chi connectivity index (χ2n) is 6.04. The molecule has 1 unspecified atom stereocenters. The molecule has 1 fully saturated rings. The summed E-state index contributed by atoms with van der Waals surface area (Å²) in [7, 11) is -2.91. The van der Waals surface area contributed by atoms with Crippen molar-refractivity contribution in [3.05, 3.63) is 48.3 Å². The summed E-state index contributed by atoms with van der Waals surface area (Å²) in [5.41, 5.74) is 1.17. The summed E-state index contributed by atoms with van der Waals surface area (Å²) in [5.74, 6) is 1.93. The zero-order chi connectivity index (χ0) is 17.9. The Balaban J connectivity index is 1.70. The number of ether oxygens (including phenoxy) is 1. The van der Waals surface area contributed by atoms with E-state index in [1.165, 1.54) is 17.3 Å². The summed E-state index contributed by atoms with van der Waals surface area (Å²) in [6.45, 7) is 6.66. The van der Waals surface area contributed by atoms with E-state index in [1.807, 2.05) is 35.8 Å². The lowest BCUT2D eigenvalue weighted by atomic mass is 10.2. The standard InChI is InChI=1S/C17H21N3O3S2/c1-3-9-20-16(11-23-14-6-4-13(2)5-7-14)18-19-17(20)24-15-8-10-25(21,22)12-15/h3-7,15H,1,8-12H2,2H3. The highest BCUT2D eigenvalue weighted by molar-refractivity contribution is 8.01. The van der Waals surface area contributed by atoms with Crippen LogP contribution in [0.4, 0.5) is 0 Å². The minimum Gasteiger partial charge on any atom is -0.486 e. The van der Waals surface area contributed by atoms with Crippen molar-refractivity contribution in [3.8, 4) is 5.75 Å². The van der Waals surface area contributed by atoms with Crippen LogP contribution < -0.4 is 4.74 Å². The topological polar surface area (TPSA) is 74.1 Å². The van der Waals surface area contributed by atoms with E-state index in [1.54, 1.807) is 6.08 Å². The number of benzene rings is 1. The zero-order valence-electron chi connectivity index (χ0n) is 14.1. The second-order valence-corrected chi connectivity index (χ2v) is 9.54. The van der Waals surface area contributed by atoms with E-state index in [0.29, 0.717) is 30.6 Å². The first kappa shape index (κ1) is 18.0. The number of allylic oxidation sites excluding steroid dienone is 1. The maximum atomic E-state index is 11.6. The van der Waals surface area contributed by atoms with E-state index in [2.05, 4.69) is 16.8 Å². The van der Waals surface area contributed by atoms with Crippen LogP contribution in [0.3, 0.4) is 0 Å². The van der Waals surface area contributed by atoms with Crippen molar-refractivity contribution < 1.29 is 13.2 Å². The molecule has 2 aromatic rings. The molecule has 3 rings (SSSR count). The molecule has 0 amide bonds. The molecule has 1 saturated heterocycles. The molecular weight excluding hydrogens is 358 g/mol. The first-order valence-corrected chi connectivity index (χ1v) is 10.8. The van der Waals surface area contributed by atoms with E-state index in [4.69, 9.17) is 4.74 Å². The zero-order valence-corrected chi connectivity index (χ0v) is 15.7. The van der Waals surface area contributed by atoms with Gasteiger partial charge in [0.2, 0.25) is 0 Å². The van der Waals surface area contributed by atoms with Crippen molar-refractivity contribution in [2.24, 2.45) is 0 Å². The Morgan fingerprint density at radius 2 is 2.12 bits per heavy atom. The highest BCUT2D eigenvalue weighted by Gasteiger charge is 2.30. The molecular formula is C17H21N3O3S2. The molecule has 0 spiro atoms. The van der Waals surface area contributed by atoms with Gasteiger partial charge in [0.15, 0.2) is 20.8 Å². The third kappa shape index (κ3) is 4.64. The van der Waals surface area contributed by atoms with Gasteiger partial charge >= 0.3 is 0 Å². The maximum absolute atomic E-state index is 11.6. The normalized spacial score (nSPS) is 19.0. The number of aromatic nitrogens is 3. The molecule has 0 bridgehead atoms. The minimum absolute atomic E-state index is 0.0311. The Morgan fingerprint density at radius 3 is 2.76 bits per heavy atom. The van der Waals surface area contributed by atoms with E-state index < -0.39 is 9.84 Å². The lowest BCUT2D eigenvalue weighted by molar-refractivity contribution is 0.289. The number of thioether (sulfide) groups is 1. The molecule has 0 radical (unpaired) electrons. The van der Waals surface area contributed by atoms with E-state index >= 15 is 0 Å². The predicted octanol–water partition coefficient (Wildman–Crippen LogP) is 2.63. The molecule has 1 aromatic carbocycles. The van der Waals surface area contributed by atoms with Gasteiger partial charge in [0.25, 0.3) is 0 Å². The molecule has 6 nitrogen and oxygen atoms in total. The Kier molecular flexibility index (Phi) is 5.48. The van der Waals surface area contributed by atoms with Gasteiger partial charge in [-0.15, -0.1) is 16.8 Å². The fourth-order valence-electron chi connectivity index (χ4n) is 2.61. The van der Waals surface area contributed by atoms with Crippen LogP contribution in [0, 0.1) is 6.92 Å². The lowest BCUT2D eigenvalue weighted by Crippen LogP contribution is -2.10. The Morgan fingerprint density at radius 1 is 1.36 bits per heavy atom. The molecule has 8 heteroatoms. The first-order chi connectivity index (χ1) is 12.0. The molecule has 1 aliphatic heterocycles. The van der Waals surface area contributed by atoms with Crippen molar-refractivity contribution in [3.63, 3.8) is 0 Å². The molecule has 134 valence electrons. The van der Waals surface area contributed by atoms with Gasteiger partial charge in [-0.2, -0.15) is 0 Å². The molecule has 2 heterocycles. The van der Waals surface area contributed by atoms with Gasteiger partial charge < -0.3 is 4.74 Å². The van der Waals surface area contributed by atoms with E-state index in [9.17, 15) is 8.42 Å². The second kappa shape index (κ2) is 7.61. The van der Waals surface area contributed by atoms with Gasteiger partial charge in [-0.1, -0.05) is 35.5 Å². The van der Waals surface area contributed by atoms with Gasteiger partial charge in [0, 0.05) is 11.8 Å². The van der Waals surface area contributed by atoms with Gasteiger partial charge in [-0.05, 0) is 25.5 Å². The predicted molar refractivity (Wildman–Crippen MR) is 98.6 cm³/mol. The van der Waals surface area contributed by atoms with Crippen LogP contribution in [0.25, 0.3) is 0 Å². The van der Waals surface area contributed by atoms with Crippen molar-refractivity contribution in [2.45, 2.75) is 36.9 Å². The molecule has 1 aliphatic rings. The highest BCUT2D eigenvalue weighted by Crippen LogP contribution is 2.30. The van der Waals surface area contributed by atoms with Gasteiger partial charge in [-0.25, -0.2) is 8.42 Å². The summed E-state index contributed by atoms with van der Waals surface area (Å²) in [4.78, 5) is 0. The number of hydrogen-bond donors (Lipinski definition) is 0. The largest absolute Gasteiger partial charge is 0.486 e. The average molecular weight is 380 g/mol. The Labute approximate surface area is 152 Å². The highest BCUT2D eigenvalue weighted by atomic mass is 32.2. The van der Waals surface area contributed by atoms with Crippen LogP contribution in [0.5, 0.6) is 5.75 Å². The summed E-state index contributed by atoms with van der Waals surface area (Å²) in [6.07, 6.45) is 2.43. The molecule has 1 atom stereocenters. The van der Waals surface area contributed by atoms with Crippen LogP contribution in [0.2, 0.25) is 0 Å². The summed E-state index contributed by atoms with van der Waals surface area (Å²) >= 11 is 1.47.